The van der Waals surface area contributed by atoms with E-state index in [1.54, 1.807) is 12.2 Å². The van der Waals surface area contributed by atoms with Crippen molar-refractivity contribution >= 4 is 0 Å². The van der Waals surface area contributed by atoms with Gasteiger partial charge in [0.25, 0.3) is 0 Å². The number of unbranched alkanes of at least 4 members (excludes halogenated alkanes) is 2. The smallest absolute Gasteiger partial charge is 0.0644 e. The van der Waals surface area contributed by atoms with Crippen molar-refractivity contribution in [2.24, 2.45) is 0 Å². The van der Waals surface area contributed by atoms with Crippen LogP contribution in [0.1, 0.15) is 19.3 Å². The van der Waals surface area contributed by atoms with Gasteiger partial charge >= 0.3 is 0 Å². The van der Waals surface area contributed by atoms with E-state index in [1.807, 2.05) is 6.08 Å². The highest BCUT2D eigenvalue weighted by atomic mass is 16.5. The molecular weight excluding hydrogens is 148 g/mol. The van der Waals surface area contributed by atoms with Crippen molar-refractivity contribution < 1.29 is 4.74 Å². The van der Waals surface area contributed by atoms with Gasteiger partial charge < -0.3 is 4.74 Å². The van der Waals surface area contributed by atoms with Crippen LogP contribution in [0.2, 0.25) is 0 Å². The van der Waals surface area contributed by atoms with Crippen LogP contribution in [-0.2, 0) is 4.74 Å². The molecule has 0 aromatic carbocycles. The van der Waals surface area contributed by atoms with Crippen LogP contribution < -0.4 is 0 Å². The van der Waals surface area contributed by atoms with Gasteiger partial charge in [-0.2, -0.15) is 0 Å². The molecule has 0 aliphatic carbocycles. The van der Waals surface area contributed by atoms with Crippen LogP contribution >= 0.6 is 0 Å². The fraction of sp³-hybridized carbons (Fsp3) is 0.455. The zero-order chi connectivity index (χ0) is 9.07. The first kappa shape index (κ1) is 11.2. The molecule has 1 nitrogen and oxygen atoms in total. The molecule has 68 valence electrons. The molecular formula is C11H18O. The van der Waals surface area contributed by atoms with E-state index in [0.29, 0.717) is 6.61 Å². The van der Waals surface area contributed by atoms with Crippen LogP contribution in [0.15, 0.2) is 37.5 Å². The Bertz CT molecular complexity index is 136. The highest BCUT2D eigenvalue weighted by Crippen LogP contribution is 1.97. The lowest BCUT2D eigenvalue weighted by atomic mass is 10.2. The zero-order valence-corrected chi connectivity index (χ0v) is 7.67. The van der Waals surface area contributed by atoms with Crippen molar-refractivity contribution in [3.05, 3.63) is 37.5 Å². The number of allylic oxidation sites excluding steroid dienone is 3. The van der Waals surface area contributed by atoms with Gasteiger partial charge in [0, 0.05) is 6.61 Å². The SMILES string of the molecule is C=CC=CCCCCOCC=C. The molecule has 12 heavy (non-hydrogen) atoms. The van der Waals surface area contributed by atoms with Gasteiger partial charge in [-0.15, -0.1) is 6.58 Å². The van der Waals surface area contributed by atoms with Crippen LogP contribution in [0.3, 0.4) is 0 Å². The third kappa shape index (κ3) is 9.18. The van der Waals surface area contributed by atoms with Crippen LogP contribution in [0.5, 0.6) is 0 Å². The Morgan fingerprint density at radius 2 is 2.00 bits per heavy atom. The molecule has 0 rings (SSSR count). The van der Waals surface area contributed by atoms with Gasteiger partial charge in [0.05, 0.1) is 6.61 Å². The molecule has 0 aliphatic heterocycles. The third-order valence-electron chi connectivity index (χ3n) is 1.42. The molecule has 0 aromatic rings. The van der Waals surface area contributed by atoms with Crippen LogP contribution in [0, 0.1) is 0 Å². The predicted molar refractivity (Wildman–Crippen MR) is 54.2 cm³/mol. The summed E-state index contributed by atoms with van der Waals surface area (Å²) >= 11 is 0. The Morgan fingerprint density at radius 3 is 2.67 bits per heavy atom. The number of hydrogen-bond acceptors (Lipinski definition) is 1. The lowest BCUT2D eigenvalue weighted by molar-refractivity contribution is 0.158. The maximum atomic E-state index is 5.23. The van der Waals surface area contributed by atoms with E-state index < -0.39 is 0 Å². The summed E-state index contributed by atoms with van der Waals surface area (Å²) in [5.41, 5.74) is 0. The quantitative estimate of drug-likeness (QED) is 0.306. The van der Waals surface area contributed by atoms with E-state index in [4.69, 9.17) is 4.74 Å². The van der Waals surface area contributed by atoms with Crippen LogP contribution in [-0.4, -0.2) is 13.2 Å². The fourth-order valence-corrected chi connectivity index (χ4v) is 0.825. The van der Waals surface area contributed by atoms with Crippen molar-refractivity contribution in [3.8, 4) is 0 Å². The summed E-state index contributed by atoms with van der Waals surface area (Å²) in [6.07, 6.45) is 11.1. The van der Waals surface area contributed by atoms with Crippen LogP contribution in [0.4, 0.5) is 0 Å². The van der Waals surface area contributed by atoms with Gasteiger partial charge in [-0.1, -0.05) is 30.9 Å². The second-order valence-electron chi connectivity index (χ2n) is 2.52. The molecule has 0 saturated carbocycles. The highest BCUT2D eigenvalue weighted by Gasteiger charge is 1.85. The molecule has 0 spiro atoms. The Balaban J connectivity index is 2.95. The van der Waals surface area contributed by atoms with Gasteiger partial charge in [0.2, 0.25) is 0 Å². The molecule has 0 N–H and O–H groups in total. The molecule has 0 bridgehead atoms. The standard InChI is InChI=1S/C11H18O/c1-3-5-6-7-8-9-11-12-10-4-2/h3-6H,1-2,7-11H2. The van der Waals surface area contributed by atoms with Gasteiger partial charge in [0.15, 0.2) is 0 Å². The number of ether oxygens (including phenoxy) is 1. The molecule has 0 aliphatic rings. The average Bonchev–Trinajstić information content (AvgIpc) is 2.10. The van der Waals surface area contributed by atoms with E-state index in [1.165, 1.54) is 6.42 Å². The summed E-state index contributed by atoms with van der Waals surface area (Å²) in [6, 6.07) is 0. The summed E-state index contributed by atoms with van der Waals surface area (Å²) in [5.74, 6) is 0. The van der Waals surface area contributed by atoms with E-state index in [9.17, 15) is 0 Å². The normalized spacial score (nSPS) is 10.3. The second kappa shape index (κ2) is 10.2. The minimum Gasteiger partial charge on any atom is -0.377 e. The maximum Gasteiger partial charge on any atom is 0.0644 e. The van der Waals surface area contributed by atoms with Crippen molar-refractivity contribution in [2.45, 2.75) is 19.3 Å². The highest BCUT2D eigenvalue weighted by molar-refractivity contribution is 4.96. The molecule has 1 heteroatoms. The van der Waals surface area contributed by atoms with Gasteiger partial charge in [-0.05, 0) is 19.3 Å². The number of hydrogen-bond donors (Lipinski definition) is 0. The molecule has 0 saturated heterocycles. The lowest BCUT2D eigenvalue weighted by Gasteiger charge is -1.98. The largest absolute Gasteiger partial charge is 0.377 e. The van der Waals surface area contributed by atoms with Crippen molar-refractivity contribution in [3.63, 3.8) is 0 Å². The second-order valence-corrected chi connectivity index (χ2v) is 2.52. The van der Waals surface area contributed by atoms with Crippen molar-refractivity contribution in [2.75, 3.05) is 13.2 Å². The van der Waals surface area contributed by atoms with Crippen LogP contribution in [0.25, 0.3) is 0 Å². The lowest BCUT2D eigenvalue weighted by Crippen LogP contribution is -1.93. The zero-order valence-electron chi connectivity index (χ0n) is 7.67. The maximum absolute atomic E-state index is 5.23. The molecule has 0 radical (unpaired) electrons. The Labute approximate surface area is 75.4 Å². The Morgan fingerprint density at radius 1 is 1.17 bits per heavy atom. The molecule has 0 heterocycles. The summed E-state index contributed by atoms with van der Waals surface area (Å²) in [5, 5.41) is 0. The first-order valence-corrected chi connectivity index (χ1v) is 4.38. The van der Waals surface area contributed by atoms with Gasteiger partial charge in [-0.25, -0.2) is 0 Å². The first-order chi connectivity index (χ1) is 5.91. The van der Waals surface area contributed by atoms with Gasteiger partial charge in [0.1, 0.15) is 0 Å². The van der Waals surface area contributed by atoms with E-state index in [-0.39, 0.29) is 0 Å². The summed E-state index contributed by atoms with van der Waals surface area (Å²) < 4.78 is 5.23. The minimum absolute atomic E-state index is 0.669. The Hall–Kier alpha value is -0.820. The average molecular weight is 166 g/mol. The summed E-state index contributed by atoms with van der Waals surface area (Å²) in [7, 11) is 0. The van der Waals surface area contributed by atoms with E-state index in [0.717, 1.165) is 19.4 Å². The first-order valence-electron chi connectivity index (χ1n) is 4.38. The summed E-state index contributed by atoms with van der Waals surface area (Å²) in [6.45, 7) is 8.68. The molecule has 0 aromatic heterocycles. The minimum atomic E-state index is 0.669. The molecule has 0 amide bonds. The fourth-order valence-electron chi connectivity index (χ4n) is 0.825. The molecule has 0 fully saturated rings. The molecule has 0 unspecified atom stereocenters. The predicted octanol–water partition coefficient (Wildman–Crippen LogP) is 3.10. The van der Waals surface area contributed by atoms with Crippen molar-refractivity contribution in [1.82, 2.24) is 0 Å². The third-order valence-corrected chi connectivity index (χ3v) is 1.42. The Kier molecular flexibility index (Phi) is 9.48. The monoisotopic (exact) mass is 166 g/mol. The topological polar surface area (TPSA) is 9.23 Å². The summed E-state index contributed by atoms with van der Waals surface area (Å²) in [4.78, 5) is 0. The van der Waals surface area contributed by atoms with E-state index in [2.05, 4.69) is 19.2 Å². The van der Waals surface area contributed by atoms with Crippen molar-refractivity contribution in [1.29, 1.82) is 0 Å². The van der Waals surface area contributed by atoms with E-state index >= 15 is 0 Å². The number of rotatable bonds is 8. The molecule has 0 atom stereocenters. The van der Waals surface area contributed by atoms with Gasteiger partial charge in [-0.3, -0.25) is 0 Å².